The number of nitrogens with one attached hydrogen (secondary N) is 2. The number of aromatic nitrogens is 1. The maximum atomic E-state index is 3.54. The first-order valence-corrected chi connectivity index (χ1v) is 10.9. The van der Waals surface area contributed by atoms with Crippen molar-refractivity contribution in [1.82, 2.24) is 15.2 Å². The number of rotatable bonds is 7. The van der Waals surface area contributed by atoms with Gasteiger partial charge in [-0.2, -0.15) is 0 Å². The predicted molar refractivity (Wildman–Crippen MR) is 111 cm³/mol. The number of aromatic amines is 1. The van der Waals surface area contributed by atoms with Gasteiger partial charge in [-0.05, 0) is 94.7 Å². The third-order valence-electron chi connectivity index (χ3n) is 6.63. The Kier molecular flexibility index (Phi) is 6.29. The fourth-order valence-corrected chi connectivity index (χ4v) is 5.01. The van der Waals surface area contributed by atoms with Crippen molar-refractivity contribution in [2.45, 2.75) is 57.3 Å². The van der Waals surface area contributed by atoms with Crippen LogP contribution in [0.2, 0.25) is 0 Å². The molecule has 0 amide bonds. The molecule has 3 heteroatoms. The Balaban J connectivity index is 1.15. The van der Waals surface area contributed by atoms with Gasteiger partial charge < -0.3 is 15.2 Å². The van der Waals surface area contributed by atoms with Crippen LogP contribution < -0.4 is 5.32 Å². The lowest BCUT2D eigenvalue weighted by Crippen LogP contribution is -2.33. The molecular weight excluding hydrogens is 318 g/mol. The van der Waals surface area contributed by atoms with E-state index in [1.54, 1.807) is 5.56 Å². The highest BCUT2D eigenvalue weighted by Crippen LogP contribution is 2.33. The monoisotopic (exact) mass is 353 g/mol. The highest BCUT2D eigenvalue weighted by molar-refractivity contribution is 5.83. The molecule has 0 saturated carbocycles. The second kappa shape index (κ2) is 9.05. The number of likely N-dealkylation sites (tertiary alicyclic amines) is 1. The molecule has 4 rings (SSSR count). The first-order valence-electron chi connectivity index (χ1n) is 10.9. The normalized spacial score (nSPS) is 22.8. The van der Waals surface area contributed by atoms with E-state index in [0.29, 0.717) is 0 Å². The van der Waals surface area contributed by atoms with Crippen molar-refractivity contribution >= 4 is 10.9 Å². The van der Waals surface area contributed by atoms with E-state index in [-0.39, 0.29) is 0 Å². The van der Waals surface area contributed by atoms with Crippen LogP contribution in [-0.2, 0) is 0 Å². The van der Waals surface area contributed by atoms with E-state index in [0.717, 1.165) is 11.8 Å². The molecule has 1 atom stereocenters. The van der Waals surface area contributed by atoms with E-state index in [1.165, 1.54) is 95.0 Å². The minimum absolute atomic E-state index is 0.737. The van der Waals surface area contributed by atoms with Crippen LogP contribution in [0.15, 0.2) is 30.5 Å². The fraction of sp³-hybridized carbons (Fsp3) is 0.652. The van der Waals surface area contributed by atoms with Crippen LogP contribution >= 0.6 is 0 Å². The van der Waals surface area contributed by atoms with Gasteiger partial charge in [-0.3, -0.25) is 0 Å². The molecule has 2 saturated heterocycles. The molecule has 2 N–H and O–H groups in total. The van der Waals surface area contributed by atoms with Crippen LogP contribution in [0.25, 0.3) is 10.9 Å². The number of H-pyrrole nitrogens is 1. The van der Waals surface area contributed by atoms with E-state index >= 15 is 0 Å². The third-order valence-corrected chi connectivity index (χ3v) is 6.63. The van der Waals surface area contributed by atoms with Crippen LogP contribution in [0.3, 0.4) is 0 Å². The average molecular weight is 354 g/mol. The van der Waals surface area contributed by atoms with Crippen LogP contribution in [-0.4, -0.2) is 42.6 Å². The number of unbranched alkanes of at least 4 members (excludes halogenated alkanes) is 2. The van der Waals surface area contributed by atoms with Crippen molar-refractivity contribution in [3.8, 4) is 0 Å². The number of nitrogens with zero attached hydrogens (tertiary/aromatic N) is 1. The van der Waals surface area contributed by atoms with Crippen molar-refractivity contribution in [3.63, 3.8) is 0 Å². The van der Waals surface area contributed by atoms with Gasteiger partial charge in [-0.25, -0.2) is 0 Å². The average Bonchev–Trinajstić information content (AvgIpc) is 3.13. The zero-order chi connectivity index (χ0) is 17.6. The van der Waals surface area contributed by atoms with E-state index in [2.05, 4.69) is 45.7 Å². The van der Waals surface area contributed by atoms with Gasteiger partial charge in [0.1, 0.15) is 0 Å². The van der Waals surface area contributed by atoms with Gasteiger partial charge in [0.05, 0.1) is 0 Å². The summed E-state index contributed by atoms with van der Waals surface area (Å²) in [6.45, 7) is 6.36. The largest absolute Gasteiger partial charge is 0.361 e. The molecule has 2 aliphatic heterocycles. The molecule has 1 aromatic carbocycles. The predicted octanol–water partition coefficient (Wildman–Crippen LogP) is 4.91. The molecule has 1 unspecified atom stereocenters. The topological polar surface area (TPSA) is 31.1 Å². The second-order valence-electron chi connectivity index (χ2n) is 8.47. The summed E-state index contributed by atoms with van der Waals surface area (Å²) in [5.41, 5.74) is 2.83. The molecule has 2 aliphatic rings. The van der Waals surface area contributed by atoms with Crippen molar-refractivity contribution in [2.75, 3.05) is 32.7 Å². The number of hydrogen-bond acceptors (Lipinski definition) is 2. The number of benzene rings is 1. The van der Waals surface area contributed by atoms with Crippen molar-refractivity contribution in [2.24, 2.45) is 5.92 Å². The Morgan fingerprint density at radius 2 is 1.88 bits per heavy atom. The summed E-state index contributed by atoms with van der Waals surface area (Å²) in [6.07, 6.45) is 13.4. The van der Waals surface area contributed by atoms with E-state index in [4.69, 9.17) is 0 Å². The highest BCUT2D eigenvalue weighted by Gasteiger charge is 2.22. The number of para-hydroxylation sites is 1. The van der Waals surface area contributed by atoms with Gasteiger partial charge in [-0.15, -0.1) is 0 Å². The SMILES string of the molecule is c1ccc2c(C3CCN(CCCCCC4CCCNC4)CC3)c[nH]c2c1. The minimum Gasteiger partial charge on any atom is -0.361 e. The molecule has 2 fully saturated rings. The quantitative estimate of drug-likeness (QED) is 0.693. The summed E-state index contributed by atoms with van der Waals surface area (Å²) in [6, 6.07) is 8.75. The van der Waals surface area contributed by atoms with Gasteiger partial charge in [-0.1, -0.05) is 31.0 Å². The van der Waals surface area contributed by atoms with Gasteiger partial charge in [0.2, 0.25) is 0 Å². The van der Waals surface area contributed by atoms with Gasteiger partial charge in [0.25, 0.3) is 0 Å². The summed E-state index contributed by atoms with van der Waals surface area (Å²) in [4.78, 5) is 6.16. The maximum absolute atomic E-state index is 3.54. The molecule has 2 aromatic rings. The second-order valence-corrected chi connectivity index (χ2v) is 8.47. The van der Waals surface area contributed by atoms with Crippen molar-refractivity contribution < 1.29 is 0 Å². The Morgan fingerprint density at radius 3 is 2.73 bits per heavy atom. The first kappa shape index (κ1) is 18.1. The summed E-state index contributed by atoms with van der Waals surface area (Å²) in [7, 11) is 0. The molecule has 0 radical (unpaired) electrons. The van der Waals surface area contributed by atoms with E-state index in [9.17, 15) is 0 Å². The fourth-order valence-electron chi connectivity index (χ4n) is 5.01. The Bertz CT molecular complexity index is 663. The Morgan fingerprint density at radius 1 is 1.00 bits per heavy atom. The summed E-state index contributed by atoms with van der Waals surface area (Å²) < 4.78 is 0. The van der Waals surface area contributed by atoms with Crippen LogP contribution in [0.5, 0.6) is 0 Å². The molecule has 142 valence electrons. The van der Waals surface area contributed by atoms with Crippen LogP contribution in [0.4, 0.5) is 0 Å². The molecule has 1 aromatic heterocycles. The van der Waals surface area contributed by atoms with Crippen LogP contribution in [0, 0.1) is 5.92 Å². The zero-order valence-corrected chi connectivity index (χ0v) is 16.2. The molecular formula is C23H35N3. The molecule has 0 aliphatic carbocycles. The number of fused-ring (bicyclic) bond motifs is 1. The molecule has 0 spiro atoms. The summed E-state index contributed by atoms with van der Waals surface area (Å²) >= 11 is 0. The van der Waals surface area contributed by atoms with Gasteiger partial charge >= 0.3 is 0 Å². The van der Waals surface area contributed by atoms with Crippen molar-refractivity contribution in [1.29, 1.82) is 0 Å². The van der Waals surface area contributed by atoms with Crippen molar-refractivity contribution in [3.05, 3.63) is 36.0 Å². The smallest absolute Gasteiger partial charge is 0.0456 e. The van der Waals surface area contributed by atoms with Gasteiger partial charge in [0.15, 0.2) is 0 Å². The molecule has 0 bridgehead atoms. The number of hydrogen-bond donors (Lipinski definition) is 2. The lowest BCUT2D eigenvalue weighted by atomic mass is 9.89. The molecule has 3 nitrogen and oxygen atoms in total. The Labute approximate surface area is 158 Å². The van der Waals surface area contributed by atoms with E-state index < -0.39 is 0 Å². The number of piperidine rings is 2. The summed E-state index contributed by atoms with van der Waals surface area (Å²) in [5, 5.41) is 4.98. The molecule has 26 heavy (non-hydrogen) atoms. The van der Waals surface area contributed by atoms with Crippen LogP contribution in [0.1, 0.15) is 62.8 Å². The minimum atomic E-state index is 0.737. The standard InChI is InChI=1S/C23H35N3/c1(2-7-19-8-6-13-24-17-19)5-14-26-15-11-20(12-16-26)22-18-25-23-10-4-3-9-21(22)23/h3-4,9-10,18-20,24-25H,1-2,5-8,11-17H2. The van der Waals surface area contributed by atoms with E-state index in [1.807, 2.05) is 0 Å². The maximum Gasteiger partial charge on any atom is 0.0456 e. The summed E-state index contributed by atoms with van der Waals surface area (Å²) in [5.74, 6) is 1.69. The highest BCUT2D eigenvalue weighted by atomic mass is 15.1. The lowest BCUT2D eigenvalue weighted by Gasteiger charge is -2.32. The third kappa shape index (κ3) is 4.50. The Hall–Kier alpha value is -1.32. The first-order chi connectivity index (χ1) is 12.9. The lowest BCUT2D eigenvalue weighted by molar-refractivity contribution is 0.208. The zero-order valence-electron chi connectivity index (χ0n) is 16.2. The van der Waals surface area contributed by atoms with Gasteiger partial charge in [0, 0.05) is 17.1 Å². The molecule has 3 heterocycles.